The van der Waals surface area contributed by atoms with Crippen LogP contribution in [-0.2, 0) is 0 Å². The largest absolute Gasteiger partial charge is 0.508 e. The molecule has 0 amide bonds. The Morgan fingerprint density at radius 1 is 1.11 bits per heavy atom. The first-order valence-electron chi connectivity index (χ1n) is 5.79. The van der Waals surface area contributed by atoms with Crippen molar-refractivity contribution in [3.8, 4) is 11.5 Å². The Morgan fingerprint density at radius 3 is 2.17 bits per heavy atom. The maximum Gasteiger partial charge on any atom is 0.119 e. The second-order valence-electron chi connectivity index (χ2n) is 4.27. The van der Waals surface area contributed by atoms with Crippen molar-refractivity contribution >= 4 is 12.4 Å². The van der Waals surface area contributed by atoms with Gasteiger partial charge in [0, 0.05) is 32.2 Å². The van der Waals surface area contributed by atoms with Gasteiger partial charge in [0.25, 0.3) is 0 Å². The van der Waals surface area contributed by atoms with E-state index in [2.05, 4.69) is 10.2 Å². The van der Waals surface area contributed by atoms with Crippen LogP contribution >= 0.6 is 12.4 Å². The summed E-state index contributed by atoms with van der Waals surface area (Å²) in [6, 6.07) is 4.29. The molecule has 0 spiro atoms. The monoisotopic (exact) mass is 274 g/mol. The van der Waals surface area contributed by atoms with Crippen LogP contribution in [0.4, 0.5) is 0 Å². The number of hydrogen-bond acceptors (Lipinski definition) is 5. The lowest BCUT2D eigenvalue weighted by Crippen LogP contribution is -2.46. The molecule has 1 heterocycles. The zero-order valence-corrected chi connectivity index (χ0v) is 10.9. The van der Waals surface area contributed by atoms with Crippen molar-refractivity contribution in [1.82, 2.24) is 10.2 Å². The lowest BCUT2D eigenvalue weighted by Gasteiger charge is -2.34. The molecular formula is C12H19ClN2O3. The van der Waals surface area contributed by atoms with Crippen molar-refractivity contribution in [1.29, 1.82) is 0 Å². The average molecular weight is 275 g/mol. The van der Waals surface area contributed by atoms with Gasteiger partial charge >= 0.3 is 0 Å². The second-order valence-corrected chi connectivity index (χ2v) is 4.27. The molecule has 1 atom stereocenters. The molecule has 0 aromatic heterocycles. The van der Waals surface area contributed by atoms with Crippen molar-refractivity contribution in [2.24, 2.45) is 0 Å². The zero-order chi connectivity index (χ0) is 12.3. The first-order valence-corrected chi connectivity index (χ1v) is 5.79. The van der Waals surface area contributed by atoms with Crippen molar-refractivity contribution in [2.45, 2.75) is 6.04 Å². The third kappa shape index (κ3) is 3.49. The number of phenols is 2. The number of halogens is 1. The Balaban J connectivity index is 0.00000162. The van der Waals surface area contributed by atoms with Crippen LogP contribution in [0.3, 0.4) is 0 Å². The third-order valence-electron chi connectivity index (χ3n) is 3.07. The number of benzene rings is 1. The van der Waals surface area contributed by atoms with Gasteiger partial charge in [0.05, 0.1) is 12.6 Å². The molecule has 0 aliphatic carbocycles. The van der Waals surface area contributed by atoms with Crippen LogP contribution in [0.5, 0.6) is 11.5 Å². The number of aliphatic hydroxyl groups excluding tert-OH is 1. The summed E-state index contributed by atoms with van der Waals surface area (Å²) in [5.74, 6) is 0.0437. The number of rotatable bonds is 3. The van der Waals surface area contributed by atoms with Crippen LogP contribution in [0.15, 0.2) is 18.2 Å². The fourth-order valence-electron chi connectivity index (χ4n) is 2.24. The number of piperazine rings is 1. The van der Waals surface area contributed by atoms with Crippen LogP contribution < -0.4 is 5.32 Å². The van der Waals surface area contributed by atoms with E-state index in [0.717, 1.165) is 31.7 Å². The third-order valence-corrected chi connectivity index (χ3v) is 3.07. The Labute approximate surface area is 112 Å². The Kier molecular flexibility index (Phi) is 5.68. The highest BCUT2D eigenvalue weighted by Gasteiger charge is 2.22. The lowest BCUT2D eigenvalue weighted by atomic mass is 10.0. The summed E-state index contributed by atoms with van der Waals surface area (Å²) in [5, 5.41) is 31.7. The first-order chi connectivity index (χ1) is 8.20. The number of aliphatic hydroxyl groups is 1. The molecule has 1 aromatic rings. The molecule has 0 bridgehead atoms. The molecule has 1 saturated heterocycles. The number of aromatic hydroxyl groups is 2. The number of nitrogens with zero attached hydrogens (tertiary/aromatic N) is 1. The molecule has 102 valence electrons. The molecule has 18 heavy (non-hydrogen) atoms. The number of phenolic OH excluding ortho intramolecular Hbond substituents is 2. The quantitative estimate of drug-likeness (QED) is 0.644. The predicted molar refractivity (Wildman–Crippen MR) is 71.3 cm³/mol. The van der Waals surface area contributed by atoms with Crippen LogP contribution in [0.2, 0.25) is 0 Å². The summed E-state index contributed by atoms with van der Waals surface area (Å²) in [6.45, 7) is 3.45. The van der Waals surface area contributed by atoms with E-state index >= 15 is 0 Å². The number of nitrogens with one attached hydrogen (secondary N) is 1. The molecule has 6 heteroatoms. The van der Waals surface area contributed by atoms with E-state index in [0.29, 0.717) is 0 Å². The summed E-state index contributed by atoms with van der Waals surface area (Å²) < 4.78 is 0. The average Bonchev–Trinajstić information content (AvgIpc) is 2.30. The number of hydrogen-bond donors (Lipinski definition) is 4. The maximum absolute atomic E-state index is 9.49. The van der Waals surface area contributed by atoms with Gasteiger partial charge in [-0.3, -0.25) is 4.90 Å². The van der Waals surface area contributed by atoms with Gasteiger partial charge in [-0.05, 0) is 17.7 Å². The van der Waals surface area contributed by atoms with E-state index in [1.54, 1.807) is 12.1 Å². The van der Waals surface area contributed by atoms with Crippen molar-refractivity contribution in [3.63, 3.8) is 0 Å². The molecule has 2 rings (SSSR count). The van der Waals surface area contributed by atoms with E-state index in [4.69, 9.17) is 0 Å². The predicted octanol–water partition coefficient (Wildman–Crippen LogP) is 0.458. The molecule has 0 saturated carbocycles. The Morgan fingerprint density at radius 2 is 1.67 bits per heavy atom. The van der Waals surface area contributed by atoms with Crippen LogP contribution in [0.25, 0.3) is 0 Å². The fourth-order valence-corrected chi connectivity index (χ4v) is 2.24. The SMILES string of the molecule is Cl.OC[C@H](c1cc(O)cc(O)c1)N1CCNCC1. The van der Waals surface area contributed by atoms with Gasteiger partial charge in [0.2, 0.25) is 0 Å². The minimum Gasteiger partial charge on any atom is -0.508 e. The fraction of sp³-hybridized carbons (Fsp3) is 0.500. The van der Waals surface area contributed by atoms with Gasteiger partial charge in [-0.1, -0.05) is 0 Å². The van der Waals surface area contributed by atoms with E-state index < -0.39 is 0 Å². The molecule has 1 aliphatic rings. The highest BCUT2D eigenvalue weighted by atomic mass is 35.5. The smallest absolute Gasteiger partial charge is 0.119 e. The summed E-state index contributed by atoms with van der Waals surface area (Å²) in [6.07, 6.45) is 0. The van der Waals surface area contributed by atoms with Crippen molar-refractivity contribution in [3.05, 3.63) is 23.8 Å². The molecule has 0 unspecified atom stereocenters. The lowest BCUT2D eigenvalue weighted by molar-refractivity contribution is 0.110. The first kappa shape index (κ1) is 15.0. The van der Waals surface area contributed by atoms with E-state index in [1.807, 2.05) is 0 Å². The second kappa shape index (κ2) is 6.80. The highest BCUT2D eigenvalue weighted by molar-refractivity contribution is 5.85. The maximum atomic E-state index is 9.49. The Hall–Kier alpha value is -1.01. The van der Waals surface area contributed by atoms with Gasteiger partial charge in [0.1, 0.15) is 11.5 Å². The van der Waals surface area contributed by atoms with E-state index in [1.165, 1.54) is 6.07 Å². The zero-order valence-electron chi connectivity index (χ0n) is 10.0. The summed E-state index contributed by atoms with van der Waals surface area (Å²) in [5.41, 5.74) is 0.743. The van der Waals surface area contributed by atoms with Gasteiger partial charge in [0.15, 0.2) is 0 Å². The summed E-state index contributed by atoms with van der Waals surface area (Å²) >= 11 is 0. The normalized spacial score (nSPS) is 18.1. The van der Waals surface area contributed by atoms with E-state index in [-0.39, 0.29) is 36.6 Å². The Bertz CT molecular complexity index is 363. The molecule has 0 radical (unpaired) electrons. The molecule has 1 fully saturated rings. The van der Waals surface area contributed by atoms with Crippen molar-refractivity contribution < 1.29 is 15.3 Å². The van der Waals surface area contributed by atoms with Crippen LogP contribution in [0, 0.1) is 0 Å². The van der Waals surface area contributed by atoms with Gasteiger partial charge in [-0.2, -0.15) is 0 Å². The van der Waals surface area contributed by atoms with Gasteiger partial charge in [-0.25, -0.2) is 0 Å². The molecule has 1 aliphatic heterocycles. The van der Waals surface area contributed by atoms with Gasteiger partial charge in [-0.15, -0.1) is 12.4 Å². The van der Waals surface area contributed by atoms with E-state index in [9.17, 15) is 15.3 Å². The minimum absolute atomic E-state index is 0. The highest BCUT2D eigenvalue weighted by Crippen LogP contribution is 2.28. The molecule has 4 N–H and O–H groups in total. The van der Waals surface area contributed by atoms with Gasteiger partial charge < -0.3 is 20.6 Å². The molecule has 1 aromatic carbocycles. The topological polar surface area (TPSA) is 76.0 Å². The standard InChI is InChI=1S/C12H18N2O3.ClH/c15-8-12(14-3-1-13-2-4-14)9-5-10(16)7-11(17)6-9;/h5-7,12-13,15-17H,1-4,8H2;1H/t12-;/m1./s1. The molecule has 5 nitrogen and oxygen atoms in total. The van der Waals surface area contributed by atoms with Crippen molar-refractivity contribution in [2.75, 3.05) is 32.8 Å². The van der Waals surface area contributed by atoms with Crippen LogP contribution in [0.1, 0.15) is 11.6 Å². The summed E-state index contributed by atoms with van der Waals surface area (Å²) in [4.78, 5) is 2.14. The van der Waals surface area contributed by atoms with Crippen LogP contribution in [-0.4, -0.2) is 53.0 Å². The molecular weight excluding hydrogens is 256 g/mol. The minimum atomic E-state index is -0.171. The summed E-state index contributed by atoms with van der Waals surface area (Å²) in [7, 11) is 0.